The lowest BCUT2D eigenvalue weighted by Crippen LogP contribution is -2.21. The molecule has 2 aromatic rings. The van der Waals surface area contributed by atoms with Gasteiger partial charge >= 0.3 is 0 Å². The van der Waals surface area contributed by atoms with Crippen LogP contribution in [0, 0.1) is 0 Å². The predicted molar refractivity (Wildman–Crippen MR) is 88.8 cm³/mol. The number of hydrogen-bond acceptors (Lipinski definition) is 4. The van der Waals surface area contributed by atoms with Gasteiger partial charge in [-0.3, -0.25) is 9.59 Å². The second-order valence-corrected chi connectivity index (χ2v) is 6.63. The van der Waals surface area contributed by atoms with E-state index in [1.165, 1.54) is 11.3 Å². The van der Waals surface area contributed by atoms with Crippen molar-refractivity contribution in [2.24, 2.45) is 5.73 Å². The van der Waals surface area contributed by atoms with Crippen molar-refractivity contribution in [3.63, 3.8) is 0 Å². The summed E-state index contributed by atoms with van der Waals surface area (Å²) in [6.45, 7) is -0.170. The van der Waals surface area contributed by atoms with E-state index in [0.29, 0.717) is 10.8 Å². The third kappa shape index (κ3) is 4.29. The monoisotopic (exact) mass is 432 g/mol. The number of rotatable bonds is 5. The van der Waals surface area contributed by atoms with Gasteiger partial charge < -0.3 is 15.8 Å². The number of primary amides is 1. The van der Waals surface area contributed by atoms with Gasteiger partial charge in [-0.05, 0) is 45.6 Å². The third-order valence-corrected chi connectivity index (χ3v) is 4.38. The Kier molecular flexibility index (Phi) is 5.38. The van der Waals surface area contributed by atoms with Crippen molar-refractivity contribution in [2.75, 3.05) is 11.9 Å². The van der Waals surface area contributed by atoms with Crippen LogP contribution in [-0.4, -0.2) is 18.4 Å². The Balaban J connectivity index is 1.96. The molecular weight excluding hydrogens is 424 g/mol. The molecule has 1 aromatic heterocycles. The number of nitrogens with two attached hydrogens (primary N) is 1. The molecule has 0 aliphatic carbocycles. The van der Waals surface area contributed by atoms with E-state index in [0.717, 1.165) is 8.95 Å². The Bertz CT molecular complexity index is 688. The molecule has 2 amide bonds. The zero-order valence-corrected chi connectivity index (χ0v) is 14.5. The predicted octanol–water partition coefficient (Wildman–Crippen LogP) is 3.39. The van der Waals surface area contributed by atoms with Gasteiger partial charge in [-0.15, -0.1) is 11.3 Å². The van der Waals surface area contributed by atoms with Crippen molar-refractivity contribution in [1.82, 2.24) is 0 Å². The highest BCUT2D eigenvalue weighted by molar-refractivity contribution is 9.11. The molecule has 110 valence electrons. The van der Waals surface area contributed by atoms with Crippen molar-refractivity contribution >= 4 is 60.0 Å². The molecule has 0 atom stereocenters. The van der Waals surface area contributed by atoms with Gasteiger partial charge in [0.15, 0.2) is 6.61 Å². The van der Waals surface area contributed by atoms with E-state index in [4.69, 9.17) is 10.5 Å². The van der Waals surface area contributed by atoms with E-state index in [1.807, 2.05) is 12.1 Å². The molecular formula is C13H10Br2N2O3S. The van der Waals surface area contributed by atoms with E-state index >= 15 is 0 Å². The number of amides is 2. The highest BCUT2D eigenvalue weighted by Crippen LogP contribution is 2.28. The van der Waals surface area contributed by atoms with Crippen molar-refractivity contribution in [1.29, 1.82) is 0 Å². The third-order valence-electron chi connectivity index (χ3n) is 2.44. The highest BCUT2D eigenvalue weighted by Gasteiger charge is 2.13. The summed E-state index contributed by atoms with van der Waals surface area (Å²) in [5.74, 6) is -0.396. The van der Waals surface area contributed by atoms with E-state index in [-0.39, 0.29) is 18.1 Å². The van der Waals surface area contributed by atoms with Gasteiger partial charge in [0.1, 0.15) is 10.8 Å². The molecule has 0 unspecified atom stereocenters. The van der Waals surface area contributed by atoms with E-state index < -0.39 is 5.91 Å². The second-order valence-electron chi connectivity index (χ2n) is 3.94. The first kappa shape index (κ1) is 16.0. The number of anilines is 1. The lowest BCUT2D eigenvalue weighted by Gasteiger charge is -2.09. The summed E-state index contributed by atoms with van der Waals surface area (Å²) in [4.78, 5) is 23.0. The van der Waals surface area contributed by atoms with Crippen LogP contribution in [0.25, 0.3) is 0 Å². The van der Waals surface area contributed by atoms with Gasteiger partial charge in [-0.25, -0.2) is 0 Å². The van der Waals surface area contributed by atoms with Crippen molar-refractivity contribution in [3.8, 4) is 5.75 Å². The number of carbonyl (C=O) groups excluding carboxylic acids is 2. The maximum absolute atomic E-state index is 11.8. The molecule has 0 fully saturated rings. The minimum atomic E-state index is -0.580. The Labute approximate surface area is 141 Å². The first-order chi connectivity index (χ1) is 9.97. The SMILES string of the molecule is NC(=O)c1ccsc1NC(=O)COc1ccc(Br)cc1Br. The molecule has 0 radical (unpaired) electrons. The Morgan fingerprint density at radius 2 is 2.05 bits per heavy atom. The Hall–Kier alpha value is -1.38. The van der Waals surface area contributed by atoms with Crippen LogP contribution in [0.3, 0.4) is 0 Å². The zero-order valence-electron chi connectivity index (χ0n) is 10.6. The van der Waals surface area contributed by atoms with Crippen LogP contribution in [0.4, 0.5) is 5.00 Å². The number of thiophene rings is 1. The maximum Gasteiger partial charge on any atom is 0.262 e. The van der Waals surface area contributed by atoms with Crippen LogP contribution >= 0.6 is 43.2 Å². The molecule has 2 rings (SSSR count). The minimum Gasteiger partial charge on any atom is -0.483 e. The fourth-order valence-corrected chi connectivity index (χ4v) is 3.47. The van der Waals surface area contributed by atoms with Crippen molar-refractivity contribution in [2.45, 2.75) is 0 Å². The summed E-state index contributed by atoms with van der Waals surface area (Å²) in [6, 6.07) is 6.93. The van der Waals surface area contributed by atoms with Crippen LogP contribution in [0.2, 0.25) is 0 Å². The summed E-state index contributed by atoms with van der Waals surface area (Å²) in [7, 11) is 0. The number of halogens is 2. The van der Waals surface area contributed by atoms with Gasteiger partial charge in [-0.1, -0.05) is 15.9 Å². The zero-order chi connectivity index (χ0) is 15.4. The van der Waals surface area contributed by atoms with E-state index in [9.17, 15) is 9.59 Å². The quantitative estimate of drug-likeness (QED) is 0.758. The summed E-state index contributed by atoms with van der Waals surface area (Å²) in [5, 5.41) is 4.71. The molecule has 0 aliphatic heterocycles. The topological polar surface area (TPSA) is 81.4 Å². The standard InChI is InChI=1S/C13H10Br2N2O3S/c14-7-1-2-10(9(15)5-7)20-6-11(18)17-13-8(12(16)19)3-4-21-13/h1-5H,6H2,(H2,16,19)(H,17,18). The minimum absolute atomic E-state index is 0.170. The normalized spacial score (nSPS) is 10.2. The smallest absolute Gasteiger partial charge is 0.262 e. The number of hydrogen-bond donors (Lipinski definition) is 2. The molecule has 0 aliphatic rings. The average molecular weight is 434 g/mol. The Morgan fingerprint density at radius 3 is 2.71 bits per heavy atom. The first-order valence-electron chi connectivity index (χ1n) is 5.72. The van der Waals surface area contributed by atoms with Gasteiger partial charge in [0, 0.05) is 4.47 Å². The largest absolute Gasteiger partial charge is 0.483 e. The van der Waals surface area contributed by atoms with Gasteiger partial charge in [-0.2, -0.15) is 0 Å². The molecule has 3 N–H and O–H groups in total. The lowest BCUT2D eigenvalue weighted by molar-refractivity contribution is -0.118. The summed E-state index contributed by atoms with van der Waals surface area (Å²) < 4.78 is 7.05. The Morgan fingerprint density at radius 1 is 1.29 bits per heavy atom. The number of nitrogens with one attached hydrogen (secondary N) is 1. The summed E-state index contributed by atoms with van der Waals surface area (Å²) >= 11 is 7.90. The molecule has 21 heavy (non-hydrogen) atoms. The van der Waals surface area contributed by atoms with Crippen LogP contribution in [0.1, 0.15) is 10.4 Å². The van der Waals surface area contributed by atoms with E-state index in [1.54, 1.807) is 17.5 Å². The second kappa shape index (κ2) is 7.06. The number of benzene rings is 1. The first-order valence-corrected chi connectivity index (χ1v) is 8.19. The maximum atomic E-state index is 11.8. The molecule has 5 nitrogen and oxygen atoms in total. The lowest BCUT2D eigenvalue weighted by atomic mass is 10.3. The molecule has 1 heterocycles. The van der Waals surface area contributed by atoms with Crippen LogP contribution in [-0.2, 0) is 4.79 Å². The molecule has 0 saturated heterocycles. The van der Waals surface area contributed by atoms with Crippen LogP contribution in [0.15, 0.2) is 38.6 Å². The van der Waals surface area contributed by atoms with E-state index in [2.05, 4.69) is 37.2 Å². The van der Waals surface area contributed by atoms with Gasteiger partial charge in [0.05, 0.1) is 10.0 Å². The van der Waals surface area contributed by atoms with Crippen molar-refractivity contribution in [3.05, 3.63) is 44.2 Å². The molecule has 0 saturated carbocycles. The molecule has 0 spiro atoms. The van der Waals surface area contributed by atoms with Crippen LogP contribution < -0.4 is 15.8 Å². The average Bonchev–Trinajstić information content (AvgIpc) is 2.86. The summed E-state index contributed by atoms with van der Waals surface area (Å²) in [5.41, 5.74) is 5.50. The molecule has 1 aromatic carbocycles. The van der Waals surface area contributed by atoms with Crippen LogP contribution in [0.5, 0.6) is 5.75 Å². The fourth-order valence-electron chi connectivity index (χ4n) is 1.50. The number of ether oxygens (including phenoxy) is 1. The number of carbonyl (C=O) groups is 2. The highest BCUT2D eigenvalue weighted by atomic mass is 79.9. The van der Waals surface area contributed by atoms with Gasteiger partial charge in [0.2, 0.25) is 0 Å². The van der Waals surface area contributed by atoms with Gasteiger partial charge in [0.25, 0.3) is 11.8 Å². The fraction of sp³-hybridized carbons (Fsp3) is 0.0769. The van der Waals surface area contributed by atoms with Crippen molar-refractivity contribution < 1.29 is 14.3 Å². The molecule has 8 heteroatoms. The summed E-state index contributed by atoms with van der Waals surface area (Å²) in [6.07, 6.45) is 0. The molecule has 0 bridgehead atoms.